The molecule has 0 aromatic heterocycles. The minimum absolute atomic E-state index is 0.0804. The molecule has 17 heavy (non-hydrogen) atoms. The molecule has 0 radical (unpaired) electrons. The summed E-state index contributed by atoms with van der Waals surface area (Å²) in [5.74, 6) is 0. The number of nitrogens with zero attached hydrogens (tertiary/aromatic N) is 2. The average Bonchev–Trinajstić information content (AvgIpc) is 2.77. The Hall–Kier alpha value is -1.42. The van der Waals surface area contributed by atoms with Crippen LogP contribution in [0.4, 0.5) is 0 Å². The second kappa shape index (κ2) is 4.45. The lowest BCUT2D eigenvalue weighted by molar-refractivity contribution is 0.472. The van der Waals surface area contributed by atoms with Gasteiger partial charge >= 0.3 is 0 Å². The topological polar surface area (TPSA) is 87.2 Å². The van der Waals surface area contributed by atoms with E-state index < -0.39 is 10.0 Å². The van der Waals surface area contributed by atoms with Gasteiger partial charge in [-0.3, -0.25) is 0 Å². The van der Waals surface area contributed by atoms with Crippen molar-refractivity contribution >= 4 is 10.0 Å². The normalized spacial score (nSPS) is 21.3. The van der Waals surface area contributed by atoms with Crippen LogP contribution in [-0.2, 0) is 10.0 Å². The summed E-state index contributed by atoms with van der Waals surface area (Å²) in [7, 11) is -3.45. The molecule has 1 saturated heterocycles. The van der Waals surface area contributed by atoms with Crippen molar-refractivity contribution in [3.8, 4) is 6.07 Å². The summed E-state index contributed by atoms with van der Waals surface area (Å²) in [6.45, 7) is 0.825. The van der Waals surface area contributed by atoms with Crippen molar-refractivity contribution in [3.63, 3.8) is 0 Å². The van der Waals surface area contributed by atoms with Crippen molar-refractivity contribution in [2.75, 3.05) is 13.1 Å². The van der Waals surface area contributed by atoms with Crippen molar-refractivity contribution in [3.05, 3.63) is 29.8 Å². The van der Waals surface area contributed by atoms with E-state index in [0.29, 0.717) is 25.1 Å². The average molecular weight is 251 g/mol. The zero-order valence-electron chi connectivity index (χ0n) is 9.20. The molecule has 1 heterocycles. The van der Waals surface area contributed by atoms with Crippen LogP contribution in [0, 0.1) is 11.3 Å². The maximum Gasteiger partial charge on any atom is 0.243 e. The number of hydrogen-bond donors (Lipinski definition) is 1. The maximum atomic E-state index is 12.2. The van der Waals surface area contributed by atoms with E-state index in [9.17, 15) is 8.42 Å². The van der Waals surface area contributed by atoms with Crippen LogP contribution in [-0.4, -0.2) is 31.9 Å². The number of benzene rings is 1. The van der Waals surface area contributed by atoms with E-state index in [4.69, 9.17) is 11.0 Å². The van der Waals surface area contributed by atoms with Crippen LogP contribution in [0.25, 0.3) is 0 Å². The third-order valence-electron chi connectivity index (χ3n) is 2.81. The Labute approximate surface area is 101 Å². The first-order valence-electron chi connectivity index (χ1n) is 5.30. The van der Waals surface area contributed by atoms with Gasteiger partial charge in [0.25, 0.3) is 0 Å². The third kappa shape index (κ3) is 2.31. The molecule has 1 aromatic rings. The van der Waals surface area contributed by atoms with Gasteiger partial charge in [0.15, 0.2) is 0 Å². The summed E-state index contributed by atoms with van der Waals surface area (Å²) in [6, 6.07) is 7.79. The molecule has 1 fully saturated rings. The van der Waals surface area contributed by atoms with E-state index in [1.807, 2.05) is 6.07 Å². The fraction of sp³-hybridized carbons (Fsp3) is 0.364. The Balaban J connectivity index is 2.29. The Morgan fingerprint density at radius 2 is 2.00 bits per heavy atom. The number of rotatable bonds is 2. The SMILES string of the molecule is N#Cc1ccc(S(=O)(=O)N2CCC(N)C2)cc1. The molecule has 0 saturated carbocycles. The van der Waals surface area contributed by atoms with Crippen molar-refractivity contribution in [1.82, 2.24) is 4.31 Å². The molecule has 5 nitrogen and oxygen atoms in total. The lowest BCUT2D eigenvalue weighted by atomic mass is 10.2. The molecule has 0 aliphatic carbocycles. The molecule has 1 aliphatic heterocycles. The lowest BCUT2D eigenvalue weighted by Gasteiger charge is -2.15. The molecular formula is C11H13N3O2S. The third-order valence-corrected chi connectivity index (χ3v) is 4.69. The van der Waals surface area contributed by atoms with E-state index in [1.54, 1.807) is 0 Å². The van der Waals surface area contributed by atoms with Crippen molar-refractivity contribution in [2.45, 2.75) is 17.4 Å². The summed E-state index contributed by atoms with van der Waals surface area (Å²) in [5.41, 5.74) is 6.14. The summed E-state index contributed by atoms with van der Waals surface area (Å²) >= 11 is 0. The molecule has 1 unspecified atom stereocenters. The van der Waals surface area contributed by atoms with E-state index >= 15 is 0 Å². The Kier molecular flexibility index (Phi) is 3.15. The molecule has 0 spiro atoms. The molecule has 2 rings (SSSR count). The maximum absolute atomic E-state index is 12.2. The predicted octanol–water partition coefficient (Wildman–Crippen LogP) is 0.280. The quantitative estimate of drug-likeness (QED) is 0.817. The van der Waals surface area contributed by atoms with Crippen LogP contribution in [0.1, 0.15) is 12.0 Å². The first-order chi connectivity index (χ1) is 8.04. The Morgan fingerprint density at radius 3 is 2.47 bits per heavy atom. The highest BCUT2D eigenvalue weighted by molar-refractivity contribution is 7.89. The number of sulfonamides is 1. The van der Waals surface area contributed by atoms with Gasteiger partial charge < -0.3 is 5.73 Å². The van der Waals surface area contributed by atoms with Gasteiger partial charge in [0.05, 0.1) is 16.5 Å². The van der Waals surface area contributed by atoms with Crippen molar-refractivity contribution in [1.29, 1.82) is 5.26 Å². The van der Waals surface area contributed by atoms with Gasteiger partial charge in [-0.05, 0) is 30.7 Å². The van der Waals surface area contributed by atoms with Gasteiger partial charge in [0.2, 0.25) is 10.0 Å². The Bertz CT molecular complexity index is 545. The molecule has 2 N–H and O–H groups in total. The first-order valence-corrected chi connectivity index (χ1v) is 6.74. The molecule has 90 valence electrons. The van der Waals surface area contributed by atoms with Gasteiger partial charge in [-0.25, -0.2) is 8.42 Å². The number of nitrogens with two attached hydrogens (primary N) is 1. The van der Waals surface area contributed by atoms with Crippen LogP contribution >= 0.6 is 0 Å². The monoisotopic (exact) mass is 251 g/mol. The second-order valence-corrected chi connectivity index (χ2v) is 5.99. The van der Waals surface area contributed by atoms with Crippen LogP contribution in [0.2, 0.25) is 0 Å². The second-order valence-electron chi connectivity index (χ2n) is 4.05. The minimum atomic E-state index is -3.45. The highest BCUT2D eigenvalue weighted by Crippen LogP contribution is 2.20. The highest BCUT2D eigenvalue weighted by atomic mass is 32.2. The molecule has 1 aromatic carbocycles. The first kappa shape index (κ1) is 12.0. The minimum Gasteiger partial charge on any atom is -0.326 e. The standard InChI is InChI=1S/C11H13N3O2S/c12-7-9-1-3-11(4-2-9)17(15,16)14-6-5-10(13)8-14/h1-4,10H,5-6,8,13H2. The highest BCUT2D eigenvalue weighted by Gasteiger charge is 2.30. The van der Waals surface area contributed by atoms with Gasteiger partial charge in [-0.15, -0.1) is 0 Å². The van der Waals surface area contributed by atoms with Gasteiger partial charge in [0.1, 0.15) is 0 Å². The smallest absolute Gasteiger partial charge is 0.243 e. The predicted molar refractivity (Wildman–Crippen MR) is 62.5 cm³/mol. The molecule has 0 bridgehead atoms. The fourth-order valence-electron chi connectivity index (χ4n) is 1.82. The van der Waals surface area contributed by atoms with E-state index in [-0.39, 0.29) is 10.9 Å². The molecule has 0 amide bonds. The van der Waals surface area contributed by atoms with Crippen molar-refractivity contribution < 1.29 is 8.42 Å². The fourth-order valence-corrected chi connectivity index (χ4v) is 3.33. The largest absolute Gasteiger partial charge is 0.326 e. The zero-order chi connectivity index (χ0) is 12.5. The molecular weight excluding hydrogens is 238 g/mol. The van der Waals surface area contributed by atoms with E-state index in [2.05, 4.69) is 0 Å². The molecule has 1 aliphatic rings. The molecule has 1 atom stereocenters. The van der Waals surface area contributed by atoms with Gasteiger partial charge in [-0.2, -0.15) is 9.57 Å². The summed E-state index contributed by atoms with van der Waals surface area (Å²) in [4.78, 5) is 0.214. The lowest BCUT2D eigenvalue weighted by Crippen LogP contribution is -2.31. The van der Waals surface area contributed by atoms with E-state index in [0.717, 1.165) is 0 Å². The van der Waals surface area contributed by atoms with Crippen molar-refractivity contribution in [2.24, 2.45) is 5.73 Å². The summed E-state index contributed by atoms with van der Waals surface area (Å²) in [6.07, 6.45) is 0.690. The van der Waals surface area contributed by atoms with Gasteiger partial charge in [0, 0.05) is 19.1 Å². The van der Waals surface area contributed by atoms with E-state index in [1.165, 1.54) is 28.6 Å². The zero-order valence-corrected chi connectivity index (χ0v) is 10.0. The summed E-state index contributed by atoms with van der Waals surface area (Å²) in [5, 5.41) is 8.65. The summed E-state index contributed by atoms with van der Waals surface area (Å²) < 4.78 is 25.7. The molecule has 6 heteroatoms. The van der Waals surface area contributed by atoms with Gasteiger partial charge in [-0.1, -0.05) is 0 Å². The number of nitriles is 1. The number of hydrogen-bond acceptors (Lipinski definition) is 4. The Morgan fingerprint density at radius 1 is 1.35 bits per heavy atom. The van der Waals surface area contributed by atoms with Crippen LogP contribution < -0.4 is 5.73 Å². The van der Waals surface area contributed by atoms with Crippen LogP contribution in [0.3, 0.4) is 0 Å². The van der Waals surface area contributed by atoms with Crippen LogP contribution in [0.5, 0.6) is 0 Å². The van der Waals surface area contributed by atoms with Crippen LogP contribution in [0.15, 0.2) is 29.2 Å².